The molecule has 2 aromatic rings. The van der Waals surface area contributed by atoms with Gasteiger partial charge in [0.2, 0.25) is 0 Å². The third-order valence-electron chi connectivity index (χ3n) is 6.85. The second-order valence-electron chi connectivity index (χ2n) is 8.55. The number of carbonyl (C=O) groups is 1. The summed E-state index contributed by atoms with van der Waals surface area (Å²) in [6.07, 6.45) is 6.70. The molecular formula is C24H26O3. The van der Waals surface area contributed by atoms with Crippen LogP contribution in [0, 0.1) is 23.7 Å². The standard InChI is InChI=1S/C24H26O3/c1-14(25)27-21-8-4-6-17-5-3-7-20(23(17)21)24(26-2)22-18-10-15-9-16(12-18)13-19(22)11-15/h3-8,15-16,18-19H,9-13H2,1-2H3. The molecule has 0 aromatic heterocycles. The van der Waals surface area contributed by atoms with E-state index in [0.717, 1.165) is 33.9 Å². The van der Waals surface area contributed by atoms with E-state index in [9.17, 15) is 4.79 Å². The minimum atomic E-state index is -0.293. The van der Waals surface area contributed by atoms with Crippen LogP contribution in [0.4, 0.5) is 0 Å². The summed E-state index contributed by atoms with van der Waals surface area (Å²) in [6.45, 7) is 1.45. The van der Waals surface area contributed by atoms with Crippen molar-refractivity contribution in [2.45, 2.75) is 39.0 Å². The molecule has 0 saturated heterocycles. The maximum Gasteiger partial charge on any atom is 0.308 e. The lowest BCUT2D eigenvalue weighted by Crippen LogP contribution is -2.40. The first kappa shape index (κ1) is 16.9. The van der Waals surface area contributed by atoms with Gasteiger partial charge in [-0.25, -0.2) is 0 Å². The van der Waals surface area contributed by atoms with E-state index in [4.69, 9.17) is 9.47 Å². The fraction of sp³-hybridized carbons (Fsp3) is 0.458. The van der Waals surface area contributed by atoms with E-state index in [-0.39, 0.29) is 5.97 Å². The van der Waals surface area contributed by atoms with Crippen molar-refractivity contribution in [3.8, 4) is 5.75 Å². The Bertz CT molecular complexity index is 905. The molecule has 0 spiro atoms. The van der Waals surface area contributed by atoms with Crippen LogP contribution < -0.4 is 4.74 Å². The SMILES string of the molecule is COC(=C1C2CC3CC(C2)CC1C3)c1cccc2cccc(OC(C)=O)c12. The van der Waals surface area contributed by atoms with E-state index < -0.39 is 0 Å². The van der Waals surface area contributed by atoms with E-state index in [0.29, 0.717) is 17.6 Å². The van der Waals surface area contributed by atoms with Gasteiger partial charge in [0, 0.05) is 17.9 Å². The molecule has 0 unspecified atom stereocenters. The first-order chi connectivity index (χ1) is 13.1. The molecule has 0 N–H and O–H groups in total. The highest BCUT2D eigenvalue weighted by atomic mass is 16.5. The highest BCUT2D eigenvalue weighted by Crippen LogP contribution is 2.58. The molecule has 0 aliphatic heterocycles. The summed E-state index contributed by atoms with van der Waals surface area (Å²) in [5.41, 5.74) is 2.59. The zero-order valence-corrected chi connectivity index (χ0v) is 16.0. The topological polar surface area (TPSA) is 35.5 Å². The Morgan fingerprint density at radius 1 is 0.926 bits per heavy atom. The number of rotatable bonds is 3. The molecule has 0 heterocycles. The first-order valence-corrected chi connectivity index (χ1v) is 10.1. The van der Waals surface area contributed by atoms with Crippen molar-refractivity contribution in [3.63, 3.8) is 0 Å². The molecule has 4 aliphatic carbocycles. The Morgan fingerprint density at radius 2 is 1.56 bits per heavy atom. The van der Waals surface area contributed by atoms with Gasteiger partial charge in [0.1, 0.15) is 11.5 Å². The molecule has 0 amide bonds. The molecule has 3 nitrogen and oxygen atoms in total. The van der Waals surface area contributed by atoms with Gasteiger partial charge in [-0.2, -0.15) is 0 Å². The Balaban J connectivity index is 1.71. The van der Waals surface area contributed by atoms with Crippen LogP contribution in [-0.4, -0.2) is 13.1 Å². The van der Waals surface area contributed by atoms with Crippen molar-refractivity contribution in [3.05, 3.63) is 47.5 Å². The van der Waals surface area contributed by atoms with Crippen molar-refractivity contribution >= 4 is 22.5 Å². The van der Waals surface area contributed by atoms with Gasteiger partial charge < -0.3 is 9.47 Å². The molecule has 6 rings (SSSR count). The van der Waals surface area contributed by atoms with E-state index in [1.54, 1.807) is 7.11 Å². The van der Waals surface area contributed by atoms with Gasteiger partial charge in [-0.3, -0.25) is 4.79 Å². The van der Waals surface area contributed by atoms with Crippen LogP contribution in [0.3, 0.4) is 0 Å². The van der Waals surface area contributed by atoms with Crippen LogP contribution in [-0.2, 0) is 9.53 Å². The van der Waals surface area contributed by atoms with E-state index in [2.05, 4.69) is 24.3 Å². The number of methoxy groups -OCH3 is 1. The molecule has 3 heteroatoms. The highest BCUT2D eigenvalue weighted by Gasteiger charge is 2.46. The van der Waals surface area contributed by atoms with Crippen molar-refractivity contribution < 1.29 is 14.3 Å². The van der Waals surface area contributed by atoms with Crippen LogP contribution in [0.1, 0.15) is 44.6 Å². The van der Waals surface area contributed by atoms with Gasteiger partial charge in [0.25, 0.3) is 0 Å². The Hall–Kier alpha value is -2.29. The minimum Gasteiger partial charge on any atom is -0.496 e. The lowest BCUT2D eigenvalue weighted by molar-refractivity contribution is -0.131. The summed E-state index contributed by atoms with van der Waals surface area (Å²) in [6, 6.07) is 12.1. The van der Waals surface area contributed by atoms with Crippen molar-refractivity contribution in [2.75, 3.05) is 7.11 Å². The number of hydrogen-bond donors (Lipinski definition) is 0. The molecule has 4 fully saturated rings. The van der Waals surface area contributed by atoms with Crippen LogP contribution >= 0.6 is 0 Å². The average Bonchev–Trinajstić information content (AvgIpc) is 2.63. The second-order valence-corrected chi connectivity index (χ2v) is 8.55. The second kappa shape index (κ2) is 6.40. The van der Waals surface area contributed by atoms with Crippen LogP contribution in [0.2, 0.25) is 0 Å². The molecule has 0 atom stereocenters. The van der Waals surface area contributed by atoms with Crippen molar-refractivity contribution in [1.82, 2.24) is 0 Å². The van der Waals surface area contributed by atoms with Crippen LogP contribution in [0.15, 0.2) is 42.0 Å². The number of esters is 1. The Labute approximate surface area is 160 Å². The minimum absolute atomic E-state index is 0.293. The predicted molar refractivity (Wildman–Crippen MR) is 106 cm³/mol. The van der Waals surface area contributed by atoms with Gasteiger partial charge in [-0.1, -0.05) is 30.3 Å². The molecular weight excluding hydrogens is 336 g/mol. The van der Waals surface area contributed by atoms with Crippen LogP contribution in [0.5, 0.6) is 5.75 Å². The number of fused-ring (bicyclic) bond motifs is 1. The summed E-state index contributed by atoms with van der Waals surface area (Å²) >= 11 is 0. The summed E-state index contributed by atoms with van der Waals surface area (Å²) < 4.78 is 11.6. The number of benzene rings is 2. The summed E-state index contributed by atoms with van der Waals surface area (Å²) in [7, 11) is 1.79. The average molecular weight is 362 g/mol. The Morgan fingerprint density at radius 3 is 2.15 bits per heavy atom. The summed E-state index contributed by atoms with van der Waals surface area (Å²) in [5, 5.41) is 2.05. The molecule has 2 aromatic carbocycles. The normalized spacial score (nSPS) is 28.4. The first-order valence-electron chi connectivity index (χ1n) is 10.1. The number of ether oxygens (including phenoxy) is 2. The number of carbonyl (C=O) groups excluding carboxylic acids is 1. The van der Waals surface area contributed by atoms with E-state index in [1.165, 1.54) is 44.6 Å². The van der Waals surface area contributed by atoms with Crippen molar-refractivity contribution in [1.29, 1.82) is 0 Å². The van der Waals surface area contributed by atoms with Crippen LogP contribution in [0.25, 0.3) is 16.5 Å². The molecule has 4 bridgehead atoms. The summed E-state index contributed by atoms with van der Waals surface area (Å²) in [4.78, 5) is 11.6. The van der Waals surface area contributed by atoms with Gasteiger partial charge in [-0.05, 0) is 72.8 Å². The van der Waals surface area contributed by atoms with Gasteiger partial charge in [0.05, 0.1) is 7.11 Å². The fourth-order valence-electron chi connectivity index (χ4n) is 6.18. The monoisotopic (exact) mass is 362 g/mol. The third kappa shape index (κ3) is 2.75. The van der Waals surface area contributed by atoms with Gasteiger partial charge in [0.15, 0.2) is 0 Å². The number of hydrogen-bond acceptors (Lipinski definition) is 3. The fourth-order valence-corrected chi connectivity index (χ4v) is 6.18. The maximum atomic E-state index is 11.6. The lowest BCUT2D eigenvalue weighted by Gasteiger charge is -2.51. The van der Waals surface area contributed by atoms with E-state index >= 15 is 0 Å². The zero-order valence-electron chi connectivity index (χ0n) is 16.0. The smallest absolute Gasteiger partial charge is 0.308 e. The van der Waals surface area contributed by atoms with E-state index in [1.807, 2.05) is 12.1 Å². The lowest BCUT2D eigenvalue weighted by atomic mass is 9.54. The largest absolute Gasteiger partial charge is 0.496 e. The zero-order chi connectivity index (χ0) is 18.5. The summed E-state index contributed by atoms with van der Waals surface area (Å²) in [5.74, 6) is 4.50. The van der Waals surface area contributed by atoms with Gasteiger partial charge in [-0.15, -0.1) is 0 Å². The molecule has 4 aliphatic rings. The molecule has 0 radical (unpaired) electrons. The molecule has 140 valence electrons. The highest BCUT2D eigenvalue weighted by molar-refractivity contribution is 5.98. The quantitative estimate of drug-likeness (QED) is 0.406. The third-order valence-corrected chi connectivity index (χ3v) is 6.85. The molecule has 27 heavy (non-hydrogen) atoms. The Kier molecular flexibility index (Phi) is 3.99. The van der Waals surface area contributed by atoms with Gasteiger partial charge >= 0.3 is 5.97 Å². The maximum absolute atomic E-state index is 11.6. The number of allylic oxidation sites excluding steroid dienone is 1. The van der Waals surface area contributed by atoms with Crippen molar-refractivity contribution in [2.24, 2.45) is 23.7 Å². The molecule has 4 saturated carbocycles. The predicted octanol–water partition coefficient (Wildman–Crippen LogP) is 5.58.